The first-order valence-electron chi connectivity index (χ1n) is 7.62. The van der Waals surface area contributed by atoms with E-state index in [0.29, 0.717) is 6.42 Å². The molecule has 0 bridgehead atoms. The number of primary amides is 1. The molecular weight excluding hydrogens is 320 g/mol. The summed E-state index contributed by atoms with van der Waals surface area (Å²) in [6.45, 7) is 2.91. The first kappa shape index (κ1) is 21.8. The van der Waals surface area contributed by atoms with Crippen molar-refractivity contribution in [2.75, 3.05) is 6.61 Å². The number of rotatable bonds is 11. The number of amides is 3. The Morgan fingerprint density at radius 2 is 1.71 bits per heavy atom. The summed E-state index contributed by atoms with van der Waals surface area (Å²) < 4.78 is 0. The van der Waals surface area contributed by atoms with Crippen LogP contribution in [0.2, 0.25) is 0 Å². The van der Waals surface area contributed by atoms with Gasteiger partial charge in [-0.25, -0.2) is 4.79 Å². The molecule has 0 aliphatic rings. The molecule has 4 atom stereocenters. The monoisotopic (exact) mass is 346 g/mol. The number of hydrogen-bond acceptors (Lipinski definition) is 6. The third-order valence-electron chi connectivity index (χ3n) is 3.62. The van der Waals surface area contributed by atoms with Crippen molar-refractivity contribution in [2.24, 2.45) is 17.4 Å². The van der Waals surface area contributed by atoms with E-state index in [9.17, 15) is 19.2 Å². The Morgan fingerprint density at radius 1 is 1.12 bits per heavy atom. The minimum Gasteiger partial charge on any atom is -0.480 e. The van der Waals surface area contributed by atoms with Gasteiger partial charge in [0.1, 0.15) is 18.1 Å². The molecule has 0 saturated heterocycles. The summed E-state index contributed by atoms with van der Waals surface area (Å²) in [7, 11) is 0. The van der Waals surface area contributed by atoms with E-state index in [1.54, 1.807) is 13.8 Å². The van der Waals surface area contributed by atoms with E-state index in [0.717, 1.165) is 0 Å². The first-order chi connectivity index (χ1) is 11.1. The van der Waals surface area contributed by atoms with Gasteiger partial charge in [-0.15, -0.1) is 0 Å². The molecule has 3 amide bonds. The largest absolute Gasteiger partial charge is 0.480 e. The number of carbonyl (C=O) groups excluding carboxylic acids is 3. The van der Waals surface area contributed by atoms with Gasteiger partial charge >= 0.3 is 5.97 Å². The van der Waals surface area contributed by atoms with Crippen molar-refractivity contribution < 1.29 is 29.4 Å². The summed E-state index contributed by atoms with van der Waals surface area (Å²) in [4.78, 5) is 46.1. The summed E-state index contributed by atoms with van der Waals surface area (Å²) in [5, 5.41) is 22.7. The van der Waals surface area contributed by atoms with Crippen LogP contribution < -0.4 is 22.1 Å². The highest BCUT2D eigenvalue weighted by molar-refractivity contribution is 5.92. The molecule has 24 heavy (non-hydrogen) atoms. The van der Waals surface area contributed by atoms with Crippen molar-refractivity contribution >= 4 is 23.7 Å². The van der Waals surface area contributed by atoms with Crippen molar-refractivity contribution in [3.63, 3.8) is 0 Å². The van der Waals surface area contributed by atoms with Gasteiger partial charge in [0, 0.05) is 6.42 Å². The summed E-state index contributed by atoms with van der Waals surface area (Å²) in [5.74, 6) is -3.73. The maximum Gasteiger partial charge on any atom is 0.326 e. The van der Waals surface area contributed by atoms with Crippen LogP contribution in [0, 0.1) is 5.92 Å². The highest BCUT2D eigenvalue weighted by Gasteiger charge is 2.30. The van der Waals surface area contributed by atoms with E-state index in [1.165, 1.54) is 0 Å². The minimum absolute atomic E-state index is 0.159. The second-order valence-corrected chi connectivity index (χ2v) is 5.57. The first-order valence-corrected chi connectivity index (χ1v) is 7.62. The molecule has 0 aromatic carbocycles. The fraction of sp³-hybridized carbons (Fsp3) is 0.714. The van der Waals surface area contributed by atoms with Crippen LogP contribution in [-0.2, 0) is 19.2 Å². The SMILES string of the molecule is CCC(C)C(NC(=O)C(N)CO)C(=O)NC(CCC(N)=O)C(=O)O. The smallest absolute Gasteiger partial charge is 0.326 e. The summed E-state index contributed by atoms with van der Waals surface area (Å²) in [6, 6.07) is -3.51. The number of aliphatic hydroxyl groups is 1. The van der Waals surface area contributed by atoms with Gasteiger partial charge in [-0.2, -0.15) is 0 Å². The lowest BCUT2D eigenvalue weighted by Gasteiger charge is -2.26. The fourth-order valence-corrected chi connectivity index (χ4v) is 1.85. The number of nitrogens with two attached hydrogens (primary N) is 2. The zero-order chi connectivity index (χ0) is 18.9. The number of aliphatic carboxylic acids is 1. The van der Waals surface area contributed by atoms with Crippen LogP contribution in [0.5, 0.6) is 0 Å². The third kappa shape index (κ3) is 7.38. The van der Waals surface area contributed by atoms with Gasteiger partial charge in [0.05, 0.1) is 6.61 Å². The molecular formula is C14H26N4O6. The molecule has 138 valence electrons. The predicted octanol–water partition coefficient (Wildman–Crippen LogP) is -2.33. The molecule has 0 aliphatic carbocycles. The minimum atomic E-state index is -1.31. The van der Waals surface area contributed by atoms with Gasteiger partial charge in [0.2, 0.25) is 17.7 Å². The Labute approximate surface area is 139 Å². The van der Waals surface area contributed by atoms with E-state index in [4.69, 9.17) is 21.7 Å². The van der Waals surface area contributed by atoms with Gasteiger partial charge in [-0.1, -0.05) is 20.3 Å². The Balaban J connectivity index is 5.05. The van der Waals surface area contributed by atoms with Crippen LogP contribution in [0.3, 0.4) is 0 Å². The zero-order valence-electron chi connectivity index (χ0n) is 13.8. The molecule has 4 unspecified atom stereocenters. The van der Waals surface area contributed by atoms with Crippen LogP contribution in [0.15, 0.2) is 0 Å². The normalized spacial score (nSPS) is 15.7. The van der Waals surface area contributed by atoms with Crippen LogP contribution >= 0.6 is 0 Å². The van der Waals surface area contributed by atoms with Crippen molar-refractivity contribution in [1.29, 1.82) is 0 Å². The van der Waals surface area contributed by atoms with Crippen molar-refractivity contribution in [3.8, 4) is 0 Å². The highest BCUT2D eigenvalue weighted by atomic mass is 16.4. The second-order valence-electron chi connectivity index (χ2n) is 5.57. The van der Waals surface area contributed by atoms with E-state index < -0.39 is 48.4 Å². The topological polar surface area (TPSA) is 185 Å². The molecule has 0 heterocycles. The number of nitrogens with one attached hydrogen (secondary N) is 2. The second kappa shape index (κ2) is 10.6. The summed E-state index contributed by atoms with van der Waals surface area (Å²) in [6.07, 6.45) is 0.173. The number of carboxylic acids is 1. The Kier molecular flexibility index (Phi) is 9.58. The van der Waals surface area contributed by atoms with Gasteiger partial charge in [0.25, 0.3) is 0 Å². The van der Waals surface area contributed by atoms with E-state index >= 15 is 0 Å². The maximum absolute atomic E-state index is 12.3. The molecule has 0 aromatic heterocycles. The molecule has 0 saturated carbocycles. The molecule has 0 fully saturated rings. The van der Waals surface area contributed by atoms with Crippen LogP contribution in [0.25, 0.3) is 0 Å². The van der Waals surface area contributed by atoms with E-state index in [1.807, 2.05) is 0 Å². The molecule has 0 radical (unpaired) electrons. The highest BCUT2D eigenvalue weighted by Crippen LogP contribution is 2.09. The third-order valence-corrected chi connectivity index (χ3v) is 3.62. The van der Waals surface area contributed by atoms with Crippen LogP contribution in [0.1, 0.15) is 33.1 Å². The molecule has 0 aromatic rings. The molecule has 0 aliphatic heterocycles. The standard InChI is InChI=1S/C14H26N4O6/c1-3-7(2)11(18-12(21)8(15)6-19)13(22)17-9(14(23)24)4-5-10(16)20/h7-9,11,19H,3-6,15H2,1-2H3,(H2,16,20)(H,17,22)(H,18,21)(H,23,24). The average molecular weight is 346 g/mol. The predicted molar refractivity (Wildman–Crippen MR) is 84.4 cm³/mol. The van der Waals surface area contributed by atoms with Gasteiger partial charge in [-0.05, 0) is 12.3 Å². The van der Waals surface area contributed by atoms with Gasteiger partial charge in [0.15, 0.2) is 0 Å². The summed E-state index contributed by atoms with van der Waals surface area (Å²) in [5.41, 5.74) is 10.4. The van der Waals surface area contributed by atoms with Crippen molar-refractivity contribution in [2.45, 2.75) is 51.2 Å². The number of hydrogen-bond donors (Lipinski definition) is 6. The lowest BCUT2D eigenvalue weighted by Crippen LogP contribution is -2.57. The molecule has 10 heteroatoms. The van der Waals surface area contributed by atoms with Crippen molar-refractivity contribution in [3.05, 3.63) is 0 Å². The number of carboxylic acid groups (broad SMARTS) is 1. The van der Waals surface area contributed by atoms with E-state index in [-0.39, 0.29) is 18.8 Å². The lowest BCUT2D eigenvalue weighted by molar-refractivity contribution is -0.142. The van der Waals surface area contributed by atoms with Crippen LogP contribution in [0.4, 0.5) is 0 Å². The number of carbonyl (C=O) groups is 4. The Bertz CT molecular complexity index is 470. The Morgan fingerprint density at radius 3 is 2.12 bits per heavy atom. The molecule has 0 rings (SSSR count). The van der Waals surface area contributed by atoms with Crippen LogP contribution in [-0.4, -0.2) is 58.6 Å². The Hall–Kier alpha value is -2.20. The molecule has 0 spiro atoms. The zero-order valence-corrected chi connectivity index (χ0v) is 13.8. The maximum atomic E-state index is 12.3. The average Bonchev–Trinajstić information content (AvgIpc) is 2.53. The quantitative estimate of drug-likeness (QED) is 0.242. The van der Waals surface area contributed by atoms with Crippen molar-refractivity contribution in [1.82, 2.24) is 10.6 Å². The van der Waals surface area contributed by atoms with Gasteiger partial charge in [-0.3, -0.25) is 14.4 Å². The fourth-order valence-electron chi connectivity index (χ4n) is 1.85. The lowest BCUT2D eigenvalue weighted by atomic mass is 9.97. The molecule has 8 N–H and O–H groups in total. The van der Waals surface area contributed by atoms with Gasteiger partial charge < -0.3 is 32.3 Å². The summed E-state index contributed by atoms with van der Waals surface area (Å²) >= 11 is 0. The van der Waals surface area contributed by atoms with E-state index in [2.05, 4.69) is 10.6 Å². The molecule has 10 nitrogen and oxygen atoms in total. The number of aliphatic hydroxyl groups excluding tert-OH is 1.